The summed E-state index contributed by atoms with van der Waals surface area (Å²) in [5.74, 6) is 0.0341. The van der Waals surface area contributed by atoms with Gasteiger partial charge in [-0.2, -0.15) is 5.10 Å². The predicted molar refractivity (Wildman–Crippen MR) is 79.1 cm³/mol. The number of aliphatic hydroxyl groups excluding tert-OH is 1. The average Bonchev–Trinajstić information content (AvgIpc) is 2.68. The second-order valence-corrected chi connectivity index (χ2v) is 5.88. The number of hydrogen-bond acceptors (Lipinski definition) is 4. The van der Waals surface area contributed by atoms with Gasteiger partial charge in [-0.15, -0.1) is 0 Å². The van der Waals surface area contributed by atoms with Gasteiger partial charge < -0.3 is 14.6 Å². The number of aryl methyl sites for hydroxylation is 1. The molecule has 0 saturated carbocycles. The van der Waals surface area contributed by atoms with E-state index in [-0.39, 0.29) is 17.8 Å². The van der Waals surface area contributed by atoms with E-state index in [9.17, 15) is 0 Å². The van der Waals surface area contributed by atoms with Crippen molar-refractivity contribution in [3.8, 4) is 0 Å². The molecule has 0 radical (unpaired) electrons. The molecule has 1 heterocycles. The molecule has 0 atom stereocenters. The standard InChI is InChI=1S/C15H26N2O3/c1-12-10-14(15(3,4)5)17(16-12)6-7-19-8-9-20-11-13(2)18/h10,18H,2,6-9,11H2,1,3-5H3. The van der Waals surface area contributed by atoms with E-state index in [1.165, 1.54) is 5.69 Å². The van der Waals surface area contributed by atoms with Gasteiger partial charge in [-0.05, 0) is 13.0 Å². The number of hydrogen-bond donors (Lipinski definition) is 1. The second-order valence-electron chi connectivity index (χ2n) is 5.88. The Morgan fingerprint density at radius 2 is 1.95 bits per heavy atom. The minimum atomic E-state index is 0.0341. The van der Waals surface area contributed by atoms with Crippen LogP contribution in [0.2, 0.25) is 0 Å². The van der Waals surface area contributed by atoms with Crippen molar-refractivity contribution >= 4 is 0 Å². The Balaban J connectivity index is 2.30. The van der Waals surface area contributed by atoms with Gasteiger partial charge in [0.1, 0.15) is 12.4 Å². The molecule has 5 nitrogen and oxygen atoms in total. The molecule has 114 valence electrons. The van der Waals surface area contributed by atoms with Gasteiger partial charge in [0.05, 0.1) is 32.1 Å². The van der Waals surface area contributed by atoms with E-state index in [1.54, 1.807) is 0 Å². The van der Waals surface area contributed by atoms with Crippen LogP contribution in [0.3, 0.4) is 0 Å². The van der Waals surface area contributed by atoms with Crippen LogP contribution in [0.4, 0.5) is 0 Å². The predicted octanol–water partition coefficient (Wildman–Crippen LogP) is 2.59. The maximum absolute atomic E-state index is 8.84. The van der Waals surface area contributed by atoms with Crippen molar-refractivity contribution in [3.63, 3.8) is 0 Å². The van der Waals surface area contributed by atoms with Crippen molar-refractivity contribution in [1.29, 1.82) is 0 Å². The van der Waals surface area contributed by atoms with Crippen molar-refractivity contribution in [2.75, 3.05) is 26.4 Å². The Kier molecular flexibility index (Phi) is 6.23. The molecule has 0 saturated heterocycles. The monoisotopic (exact) mass is 282 g/mol. The lowest BCUT2D eigenvalue weighted by molar-refractivity contribution is 0.0437. The van der Waals surface area contributed by atoms with Gasteiger partial charge in [0.25, 0.3) is 0 Å². The molecule has 0 unspecified atom stereocenters. The van der Waals surface area contributed by atoms with Crippen LogP contribution in [0.15, 0.2) is 18.4 Å². The van der Waals surface area contributed by atoms with Gasteiger partial charge in [-0.1, -0.05) is 27.4 Å². The third-order valence-corrected chi connectivity index (χ3v) is 2.76. The highest BCUT2D eigenvalue weighted by Gasteiger charge is 2.19. The molecule has 1 aromatic heterocycles. The number of aliphatic hydroxyl groups is 1. The van der Waals surface area contributed by atoms with E-state index in [2.05, 4.69) is 38.5 Å². The van der Waals surface area contributed by atoms with Crippen molar-refractivity contribution in [3.05, 3.63) is 29.8 Å². The third kappa shape index (κ3) is 5.75. The summed E-state index contributed by atoms with van der Waals surface area (Å²) in [5, 5.41) is 13.3. The molecule has 1 N–H and O–H groups in total. The van der Waals surface area contributed by atoms with Gasteiger partial charge >= 0.3 is 0 Å². The molecule has 0 bridgehead atoms. The summed E-state index contributed by atoms with van der Waals surface area (Å²) in [6.45, 7) is 14.3. The first kappa shape index (κ1) is 16.7. The van der Waals surface area contributed by atoms with E-state index in [1.807, 2.05) is 11.6 Å². The molecule has 0 spiro atoms. The van der Waals surface area contributed by atoms with Gasteiger partial charge in [0.2, 0.25) is 0 Å². The molecule has 0 aliphatic carbocycles. The molecule has 0 aromatic carbocycles. The zero-order valence-electron chi connectivity index (χ0n) is 13.0. The zero-order valence-corrected chi connectivity index (χ0v) is 13.0. The molecular weight excluding hydrogens is 256 g/mol. The van der Waals surface area contributed by atoms with Gasteiger partial charge in [-0.25, -0.2) is 0 Å². The second kappa shape index (κ2) is 7.45. The number of ether oxygens (including phenoxy) is 2. The van der Waals surface area contributed by atoms with Crippen molar-refractivity contribution in [1.82, 2.24) is 9.78 Å². The number of rotatable bonds is 8. The fourth-order valence-corrected chi connectivity index (χ4v) is 1.88. The largest absolute Gasteiger partial charge is 0.510 e. The lowest BCUT2D eigenvalue weighted by atomic mass is 9.92. The van der Waals surface area contributed by atoms with E-state index < -0.39 is 0 Å². The first-order valence-electron chi connectivity index (χ1n) is 6.88. The summed E-state index contributed by atoms with van der Waals surface area (Å²) in [7, 11) is 0. The minimum Gasteiger partial charge on any atom is -0.510 e. The van der Waals surface area contributed by atoms with Crippen LogP contribution >= 0.6 is 0 Å². The first-order chi connectivity index (χ1) is 9.30. The van der Waals surface area contributed by atoms with Gasteiger partial charge in [0, 0.05) is 11.1 Å². The van der Waals surface area contributed by atoms with Crippen molar-refractivity contribution in [2.24, 2.45) is 0 Å². The maximum atomic E-state index is 8.84. The minimum absolute atomic E-state index is 0.0341. The molecular formula is C15H26N2O3. The molecule has 20 heavy (non-hydrogen) atoms. The van der Waals surface area contributed by atoms with Gasteiger partial charge in [0.15, 0.2) is 0 Å². The van der Waals surface area contributed by atoms with Crippen LogP contribution in [0.5, 0.6) is 0 Å². The quantitative estimate of drug-likeness (QED) is 0.588. The van der Waals surface area contributed by atoms with Crippen LogP contribution in [0.1, 0.15) is 32.2 Å². The molecule has 0 aliphatic rings. The first-order valence-corrected chi connectivity index (χ1v) is 6.88. The molecule has 5 heteroatoms. The van der Waals surface area contributed by atoms with Crippen molar-refractivity contribution < 1.29 is 14.6 Å². The Hall–Kier alpha value is -1.33. The summed E-state index contributed by atoms with van der Waals surface area (Å²) in [6, 6.07) is 2.12. The molecule has 0 amide bonds. The Bertz CT molecular complexity index is 433. The van der Waals surface area contributed by atoms with E-state index in [0.29, 0.717) is 19.8 Å². The molecule has 0 fully saturated rings. The van der Waals surface area contributed by atoms with Crippen LogP contribution in [-0.2, 0) is 21.4 Å². The molecule has 1 aromatic rings. The van der Waals surface area contributed by atoms with Crippen LogP contribution < -0.4 is 0 Å². The smallest absolute Gasteiger partial charge is 0.111 e. The highest BCUT2D eigenvalue weighted by atomic mass is 16.5. The fraction of sp³-hybridized carbons (Fsp3) is 0.667. The third-order valence-electron chi connectivity index (χ3n) is 2.76. The van der Waals surface area contributed by atoms with E-state index >= 15 is 0 Å². The summed E-state index contributed by atoms with van der Waals surface area (Å²) in [4.78, 5) is 0. The number of aromatic nitrogens is 2. The van der Waals surface area contributed by atoms with Gasteiger partial charge in [-0.3, -0.25) is 4.68 Å². The summed E-state index contributed by atoms with van der Waals surface area (Å²) < 4.78 is 12.6. The van der Waals surface area contributed by atoms with Crippen LogP contribution in [-0.4, -0.2) is 41.3 Å². The Morgan fingerprint density at radius 1 is 1.30 bits per heavy atom. The summed E-state index contributed by atoms with van der Waals surface area (Å²) in [5.41, 5.74) is 2.32. The van der Waals surface area contributed by atoms with E-state index in [4.69, 9.17) is 14.6 Å². The zero-order chi connectivity index (χ0) is 15.2. The normalized spacial score (nSPS) is 11.8. The SMILES string of the molecule is C=C(O)COCCOCCn1nc(C)cc1C(C)(C)C. The van der Waals surface area contributed by atoms with E-state index in [0.717, 1.165) is 12.2 Å². The van der Waals surface area contributed by atoms with Crippen LogP contribution in [0.25, 0.3) is 0 Å². The van der Waals surface area contributed by atoms with Crippen LogP contribution in [0, 0.1) is 6.92 Å². The lowest BCUT2D eigenvalue weighted by Crippen LogP contribution is -2.20. The Labute approximate surface area is 121 Å². The molecule has 0 aliphatic heterocycles. The summed E-state index contributed by atoms with van der Waals surface area (Å²) in [6.07, 6.45) is 0. The Morgan fingerprint density at radius 3 is 2.55 bits per heavy atom. The fourth-order valence-electron chi connectivity index (χ4n) is 1.88. The maximum Gasteiger partial charge on any atom is 0.111 e. The topological polar surface area (TPSA) is 56.5 Å². The average molecular weight is 282 g/mol. The number of nitrogens with zero attached hydrogens (tertiary/aromatic N) is 2. The van der Waals surface area contributed by atoms with Crippen molar-refractivity contribution in [2.45, 2.75) is 39.7 Å². The molecule has 1 rings (SSSR count). The summed E-state index contributed by atoms with van der Waals surface area (Å²) >= 11 is 0. The highest BCUT2D eigenvalue weighted by molar-refractivity contribution is 5.17. The highest BCUT2D eigenvalue weighted by Crippen LogP contribution is 2.22. The lowest BCUT2D eigenvalue weighted by Gasteiger charge is -2.20.